The third-order valence-corrected chi connectivity index (χ3v) is 8.35. The van der Waals surface area contributed by atoms with E-state index < -0.39 is 54.6 Å². The Kier molecular flexibility index (Phi) is 6.91. The van der Waals surface area contributed by atoms with Crippen molar-refractivity contribution in [1.82, 2.24) is 0 Å². The molecule has 0 saturated heterocycles. The summed E-state index contributed by atoms with van der Waals surface area (Å²) < 4.78 is 87.8. The van der Waals surface area contributed by atoms with Crippen LogP contribution in [0.25, 0.3) is 0 Å². The first kappa shape index (κ1) is 25.6. The highest BCUT2D eigenvalue weighted by Crippen LogP contribution is 2.64. The van der Waals surface area contributed by atoms with Crippen LogP contribution in [0.4, 0.5) is 26.3 Å². The summed E-state index contributed by atoms with van der Waals surface area (Å²) >= 11 is 0. The summed E-state index contributed by atoms with van der Waals surface area (Å²) in [6.07, 6.45) is -8.37. The molecule has 0 aliphatic heterocycles. The van der Waals surface area contributed by atoms with Gasteiger partial charge in [0.1, 0.15) is 5.60 Å². The molecule has 7 atom stereocenters. The van der Waals surface area contributed by atoms with Gasteiger partial charge in [0.05, 0.1) is 18.6 Å². The minimum absolute atomic E-state index is 0.311. The van der Waals surface area contributed by atoms with Gasteiger partial charge in [-0.05, 0) is 63.7 Å². The highest BCUT2D eigenvalue weighted by Gasteiger charge is 2.70. The average Bonchev–Trinajstić information content (AvgIpc) is 3.37. The molecule has 7 unspecified atom stereocenters. The van der Waals surface area contributed by atoms with E-state index in [0.29, 0.717) is 30.1 Å². The van der Waals surface area contributed by atoms with Gasteiger partial charge in [0, 0.05) is 12.3 Å². The number of fused-ring (bicyclic) bond motifs is 5. The maximum absolute atomic E-state index is 12.8. The van der Waals surface area contributed by atoms with Gasteiger partial charge >= 0.3 is 18.3 Å². The summed E-state index contributed by atoms with van der Waals surface area (Å²) in [6.45, 7) is 3.86. The van der Waals surface area contributed by atoms with Gasteiger partial charge < -0.3 is 14.6 Å². The molecule has 0 aromatic heterocycles. The van der Waals surface area contributed by atoms with Crippen molar-refractivity contribution in [1.29, 1.82) is 0 Å². The molecule has 0 heterocycles. The van der Waals surface area contributed by atoms with E-state index in [1.54, 1.807) is 0 Å². The zero-order valence-corrected chi connectivity index (χ0v) is 18.6. The van der Waals surface area contributed by atoms with E-state index in [1.807, 2.05) is 6.92 Å². The minimum atomic E-state index is -5.89. The molecular formula is C22H32F6O4. The quantitative estimate of drug-likeness (QED) is 0.377. The fraction of sp³-hybridized carbons (Fsp3) is 0.955. The van der Waals surface area contributed by atoms with Gasteiger partial charge in [-0.25, -0.2) is 0 Å². The minimum Gasteiger partial charge on any atom is -0.458 e. The van der Waals surface area contributed by atoms with Gasteiger partial charge in [0.15, 0.2) is 0 Å². The third kappa shape index (κ3) is 4.26. The number of aliphatic hydroxyl groups is 1. The lowest BCUT2D eigenvalue weighted by atomic mass is 9.71. The van der Waals surface area contributed by atoms with Crippen LogP contribution in [0.2, 0.25) is 0 Å². The van der Waals surface area contributed by atoms with Crippen LogP contribution in [-0.2, 0) is 14.3 Å². The van der Waals surface area contributed by atoms with Crippen molar-refractivity contribution in [3.05, 3.63) is 0 Å². The van der Waals surface area contributed by atoms with Gasteiger partial charge in [-0.3, -0.25) is 4.79 Å². The number of halogens is 6. The van der Waals surface area contributed by atoms with E-state index in [0.717, 1.165) is 19.3 Å². The fourth-order valence-corrected chi connectivity index (χ4v) is 6.27. The van der Waals surface area contributed by atoms with Crippen molar-refractivity contribution in [3.8, 4) is 0 Å². The first-order chi connectivity index (χ1) is 14.7. The molecular weight excluding hydrogens is 442 g/mol. The molecule has 3 aliphatic rings. The van der Waals surface area contributed by atoms with Gasteiger partial charge in [0.25, 0.3) is 5.60 Å². The van der Waals surface area contributed by atoms with Gasteiger partial charge in [-0.15, -0.1) is 0 Å². The monoisotopic (exact) mass is 474 g/mol. The molecule has 10 heteroatoms. The smallest absolute Gasteiger partial charge is 0.426 e. The van der Waals surface area contributed by atoms with Crippen LogP contribution in [0.5, 0.6) is 0 Å². The Morgan fingerprint density at radius 3 is 2.25 bits per heavy atom. The summed E-state index contributed by atoms with van der Waals surface area (Å²) in [5.41, 5.74) is -5.41. The Hall–Kier alpha value is -1.03. The standard InChI is InChI=1S/C22H32F6O4/c1-4-19(11-14-10-17(19)16-7-5-6-15(14)16)32-18(29)12(2)13(3)31-9-8-20(30,21(23,24)25)22(26,27)28/h12-17,30H,4-11H2,1-3H3. The van der Waals surface area contributed by atoms with Crippen LogP contribution >= 0.6 is 0 Å². The lowest BCUT2D eigenvalue weighted by molar-refractivity contribution is -0.372. The van der Waals surface area contributed by atoms with Crippen LogP contribution in [0.3, 0.4) is 0 Å². The molecule has 2 bridgehead atoms. The zero-order chi connectivity index (χ0) is 24.1. The average molecular weight is 474 g/mol. The Bertz CT molecular complexity index is 679. The molecule has 3 saturated carbocycles. The number of alkyl halides is 6. The van der Waals surface area contributed by atoms with E-state index in [2.05, 4.69) is 0 Å². The first-order valence-corrected chi connectivity index (χ1v) is 11.4. The predicted molar refractivity (Wildman–Crippen MR) is 102 cm³/mol. The van der Waals surface area contributed by atoms with Crippen LogP contribution in [0.1, 0.15) is 65.7 Å². The van der Waals surface area contributed by atoms with E-state index in [4.69, 9.17) is 9.47 Å². The molecule has 32 heavy (non-hydrogen) atoms. The van der Waals surface area contributed by atoms with Crippen molar-refractivity contribution >= 4 is 5.97 Å². The van der Waals surface area contributed by atoms with Gasteiger partial charge in [0.2, 0.25) is 0 Å². The highest BCUT2D eigenvalue weighted by molar-refractivity contribution is 5.73. The number of carbonyl (C=O) groups is 1. The molecule has 1 N–H and O–H groups in total. The van der Waals surface area contributed by atoms with Crippen LogP contribution in [-0.4, -0.2) is 47.3 Å². The van der Waals surface area contributed by atoms with E-state index in [1.165, 1.54) is 26.7 Å². The van der Waals surface area contributed by atoms with Crippen molar-refractivity contribution in [2.45, 2.75) is 95.4 Å². The molecule has 0 aromatic carbocycles. The number of hydrogen-bond acceptors (Lipinski definition) is 4. The molecule has 0 spiro atoms. The second-order valence-electron chi connectivity index (χ2n) is 9.87. The maximum atomic E-state index is 12.8. The van der Waals surface area contributed by atoms with Crippen molar-refractivity contribution < 1.29 is 45.7 Å². The summed E-state index contributed by atoms with van der Waals surface area (Å²) in [4.78, 5) is 12.8. The van der Waals surface area contributed by atoms with Gasteiger partial charge in [-0.2, -0.15) is 26.3 Å². The van der Waals surface area contributed by atoms with Crippen LogP contribution in [0.15, 0.2) is 0 Å². The lowest BCUT2D eigenvalue weighted by Gasteiger charge is -2.42. The van der Waals surface area contributed by atoms with E-state index in [9.17, 15) is 36.2 Å². The van der Waals surface area contributed by atoms with E-state index >= 15 is 0 Å². The summed E-state index contributed by atoms with van der Waals surface area (Å²) in [5, 5.41) is 9.21. The summed E-state index contributed by atoms with van der Waals surface area (Å²) in [7, 11) is 0. The Labute approximate surface area is 184 Å². The highest BCUT2D eigenvalue weighted by atomic mass is 19.4. The van der Waals surface area contributed by atoms with Crippen molar-refractivity contribution in [2.24, 2.45) is 29.6 Å². The Morgan fingerprint density at radius 1 is 1.09 bits per heavy atom. The Morgan fingerprint density at radius 2 is 1.69 bits per heavy atom. The molecule has 3 fully saturated rings. The normalized spacial score (nSPS) is 34.4. The predicted octanol–water partition coefficient (Wildman–Crippen LogP) is 5.42. The zero-order valence-electron chi connectivity index (χ0n) is 18.6. The maximum Gasteiger partial charge on any atom is 0.426 e. The number of ether oxygens (including phenoxy) is 2. The van der Waals surface area contributed by atoms with Crippen molar-refractivity contribution in [3.63, 3.8) is 0 Å². The van der Waals surface area contributed by atoms with Crippen molar-refractivity contribution in [2.75, 3.05) is 6.61 Å². The van der Waals surface area contributed by atoms with Crippen LogP contribution in [0, 0.1) is 29.6 Å². The second kappa shape index (κ2) is 8.64. The topological polar surface area (TPSA) is 55.8 Å². The number of carbonyl (C=O) groups excluding carboxylic acids is 1. The van der Waals surface area contributed by atoms with Crippen LogP contribution < -0.4 is 0 Å². The summed E-state index contributed by atoms with van der Waals surface area (Å²) in [5.74, 6) is 0.703. The summed E-state index contributed by atoms with van der Waals surface area (Å²) in [6, 6.07) is 0. The lowest BCUT2D eigenvalue weighted by Crippen LogP contribution is -2.57. The molecule has 4 nitrogen and oxygen atoms in total. The molecule has 0 aromatic rings. The third-order valence-electron chi connectivity index (χ3n) is 8.35. The number of hydrogen-bond donors (Lipinski definition) is 1. The second-order valence-corrected chi connectivity index (χ2v) is 9.87. The molecule has 186 valence electrons. The Balaban J connectivity index is 1.57. The molecule has 0 radical (unpaired) electrons. The fourth-order valence-electron chi connectivity index (χ4n) is 6.27. The largest absolute Gasteiger partial charge is 0.458 e. The molecule has 3 aliphatic carbocycles. The molecule has 0 amide bonds. The SMILES string of the molecule is CCC1(OC(=O)C(C)C(C)OCCC(O)(C(F)(F)F)C(F)(F)F)CC2CC1C1CCCC21. The van der Waals surface area contributed by atoms with Gasteiger partial charge in [-0.1, -0.05) is 13.3 Å². The first-order valence-electron chi connectivity index (χ1n) is 11.4. The number of esters is 1. The number of rotatable bonds is 8. The molecule has 3 rings (SSSR count). The van der Waals surface area contributed by atoms with E-state index in [-0.39, 0.29) is 0 Å².